The van der Waals surface area contributed by atoms with Gasteiger partial charge < -0.3 is 0 Å². The van der Waals surface area contributed by atoms with E-state index in [1.807, 2.05) is 6.08 Å². The zero-order chi connectivity index (χ0) is 19.3. The fourth-order valence-electron chi connectivity index (χ4n) is 3.23. The number of carbonyl (C=O) groups excluding carboxylic acids is 1. The molecule has 4 heteroatoms. The van der Waals surface area contributed by atoms with Gasteiger partial charge in [0.15, 0.2) is 0 Å². The second kappa shape index (κ2) is 9.31. The van der Waals surface area contributed by atoms with Crippen LogP contribution in [-0.4, -0.2) is 33.4 Å². The van der Waals surface area contributed by atoms with Crippen molar-refractivity contribution in [3.05, 3.63) is 12.7 Å². The van der Waals surface area contributed by atoms with Crippen LogP contribution in [0.15, 0.2) is 12.7 Å². The average Bonchev–Trinajstić information content (AvgIpc) is 2.76. The van der Waals surface area contributed by atoms with Crippen LogP contribution in [0.3, 0.4) is 0 Å². The van der Waals surface area contributed by atoms with E-state index in [2.05, 4.69) is 75.0 Å². The Hall–Kier alpha value is -0.686. The van der Waals surface area contributed by atoms with E-state index in [1.54, 1.807) is 11.8 Å². The monoisotopic (exact) mass is 390 g/mol. The summed E-state index contributed by atoms with van der Waals surface area (Å²) in [5.41, 5.74) is 6.83. The Bertz CT molecular complexity index is 604. The summed E-state index contributed by atoms with van der Waals surface area (Å²) in [6.07, 6.45) is 6.49. The Morgan fingerprint density at radius 3 is 2.08 bits per heavy atom. The maximum atomic E-state index is 13.0. The molecule has 0 radical (unpaired) electrons. The topological polar surface area (TPSA) is 17.1 Å². The largest absolute Gasteiger partial charge is 0.299 e. The number of hydrogen-bond donors (Lipinski definition) is 0. The summed E-state index contributed by atoms with van der Waals surface area (Å²) in [5, 5.41) is 0.331. The lowest BCUT2D eigenvalue weighted by molar-refractivity contribution is -0.124. The van der Waals surface area contributed by atoms with Crippen LogP contribution < -0.4 is 0 Å². The minimum absolute atomic E-state index is 0.0537. The van der Waals surface area contributed by atoms with Crippen molar-refractivity contribution >= 4 is 33.7 Å². The number of Topliss-reactive ketones (excluding diaryl/α,β-unsaturated/α-hetero) is 1. The third kappa shape index (κ3) is 7.61. The van der Waals surface area contributed by atoms with Crippen LogP contribution >= 0.6 is 11.8 Å². The van der Waals surface area contributed by atoms with Crippen molar-refractivity contribution in [2.24, 2.45) is 17.8 Å². The standard InChI is InChI=1S/C21H34OSSi2/c1-9-20(23-2)19-16-17(12-10-14-24(3,4)5)21(22)18(19)13-11-15-25(6,7)8/h9,17-20H,1,12-13,16H2,2-8H3/t17?,18-,19+,20?/m1/s1. The smallest absolute Gasteiger partial charge is 0.141 e. The third-order valence-electron chi connectivity index (χ3n) is 4.37. The molecule has 25 heavy (non-hydrogen) atoms. The molecule has 0 spiro atoms. The predicted octanol–water partition coefficient (Wildman–Crippen LogP) is 5.27. The second-order valence-corrected chi connectivity index (χ2v) is 19.6. The molecule has 1 rings (SSSR count). The maximum absolute atomic E-state index is 13.0. The van der Waals surface area contributed by atoms with Gasteiger partial charge in [0.25, 0.3) is 0 Å². The molecule has 1 fully saturated rings. The Kier molecular flexibility index (Phi) is 8.32. The quantitative estimate of drug-likeness (QED) is 0.361. The molecule has 0 aromatic carbocycles. The first-order valence-electron chi connectivity index (χ1n) is 9.17. The van der Waals surface area contributed by atoms with Crippen LogP contribution in [0, 0.1) is 40.7 Å². The zero-order valence-electron chi connectivity index (χ0n) is 17.0. The van der Waals surface area contributed by atoms with Crippen LogP contribution in [0.4, 0.5) is 0 Å². The number of rotatable bonds is 5. The SMILES string of the molecule is C=CC(SC)[C@H]1CC(CC#C[Si](C)(C)C)C(=O)[C@@H]1CC#C[Si](C)(C)C. The molecule has 0 amide bonds. The van der Waals surface area contributed by atoms with E-state index in [-0.39, 0.29) is 11.8 Å². The molecule has 0 heterocycles. The summed E-state index contributed by atoms with van der Waals surface area (Å²) >= 11 is 1.80. The highest BCUT2D eigenvalue weighted by Gasteiger charge is 2.43. The van der Waals surface area contributed by atoms with E-state index in [0.717, 1.165) is 12.8 Å². The van der Waals surface area contributed by atoms with E-state index >= 15 is 0 Å². The molecule has 0 N–H and O–H groups in total. The molecule has 1 aliphatic carbocycles. The van der Waals surface area contributed by atoms with E-state index in [0.29, 0.717) is 23.4 Å². The molecular weight excluding hydrogens is 356 g/mol. The van der Waals surface area contributed by atoms with Crippen molar-refractivity contribution in [1.29, 1.82) is 0 Å². The van der Waals surface area contributed by atoms with E-state index < -0.39 is 16.1 Å². The summed E-state index contributed by atoms with van der Waals surface area (Å²) < 4.78 is 0. The van der Waals surface area contributed by atoms with Crippen molar-refractivity contribution in [2.75, 3.05) is 6.26 Å². The number of ketones is 1. The molecule has 0 aromatic heterocycles. The Labute approximate surface area is 161 Å². The van der Waals surface area contributed by atoms with Crippen molar-refractivity contribution < 1.29 is 4.79 Å². The molecular formula is C21H34OSSi2. The maximum Gasteiger partial charge on any atom is 0.141 e. The fourth-order valence-corrected chi connectivity index (χ4v) is 5.34. The fraction of sp³-hybridized carbons (Fsp3) is 0.667. The molecule has 138 valence electrons. The molecule has 4 atom stereocenters. The highest BCUT2D eigenvalue weighted by molar-refractivity contribution is 7.99. The lowest BCUT2D eigenvalue weighted by Crippen LogP contribution is -2.23. The normalized spacial score (nSPS) is 24.8. The first-order chi connectivity index (χ1) is 11.5. The van der Waals surface area contributed by atoms with Gasteiger partial charge in [0.05, 0.1) is 0 Å². The Balaban J connectivity index is 2.95. The van der Waals surface area contributed by atoms with Crippen molar-refractivity contribution in [1.82, 2.24) is 0 Å². The van der Waals surface area contributed by atoms with Crippen LogP contribution in [0.5, 0.6) is 0 Å². The zero-order valence-corrected chi connectivity index (χ0v) is 19.8. The molecule has 1 aliphatic rings. The van der Waals surface area contributed by atoms with Gasteiger partial charge in [-0.15, -0.1) is 29.5 Å². The first kappa shape index (κ1) is 22.4. The summed E-state index contributed by atoms with van der Waals surface area (Å²) in [6.45, 7) is 17.5. The lowest BCUT2D eigenvalue weighted by Gasteiger charge is -2.22. The van der Waals surface area contributed by atoms with Crippen LogP contribution in [0.1, 0.15) is 19.3 Å². The highest BCUT2D eigenvalue weighted by atomic mass is 32.2. The van der Waals surface area contributed by atoms with Gasteiger partial charge in [-0.1, -0.05) is 45.4 Å². The van der Waals surface area contributed by atoms with Gasteiger partial charge in [0.2, 0.25) is 0 Å². The first-order valence-corrected chi connectivity index (χ1v) is 17.5. The summed E-state index contributed by atoms with van der Waals surface area (Å²) in [7, 11) is -2.76. The molecule has 2 unspecified atom stereocenters. The summed E-state index contributed by atoms with van der Waals surface area (Å²) in [4.78, 5) is 13.0. The molecule has 1 saturated carbocycles. The molecule has 0 saturated heterocycles. The van der Waals surface area contributed by atoms with Crippen molar-refractivity contribution in [3.63, 3.8) is 0 Å². The van der Waals surface area contributed by atoms with Crippen molar-refractivity contribution in [3.8, 4) is 22.9 Å². The van der Waals surface area contributed by atoms with Gasteiger partial charge >= 0.3 is 0 Å². The molecule has 1 nitrogen and oxygen atoms in total. The molecule has 0 bridgehead atoms. The van der Waals surface area contributed by atoms with E-state index in [1.165, 1.54) is 0 Å². The predicted molar refractivity (Wildman–Crippen MR) is 119 cm³/mol. The van der Waals surface area contributed by atoms with Crippen LogP contribution in [0.25, 0.3) is 0 Å². The Morgan fingerprint density at radius 1 is 1.12 bits per heavy atom. The van der Waals surface area contributed by atoms with Crippen LogP contribution in [-0.2, 0) is 4.79 Å². The van der Waals surface area contributed by atoms with Gasteiger partial charge in [-0.3, -0.25) is 4.79 Å². The third-order valence-corrected chi connectivity index (χ3v) is 7.30. The molecule has 0 aliphatic heterocycles. The Morgan fingerprint density at radius 2 is 1.64 bits per heavy atom. The minimum atomic E-state index is -1.39. The van der Waals surface area contributed by atoms with Gasteiger partial charge in [0, 0.05) is 29.9 Å². The number of carbonyl (C=O) groups is 1. The minimum Gasteiger partial charge on any atom is -0.299 e. The van der Waals surface area contributed by atoms with Gasteiger partial charge in [-0.25, -0.2) is 0 Å². The van der Waals surface area contributed by atoms with E-state index in [9.17, 15) is 4.79 Å². The average molecular weight is 391 g/mol. The molecule has 0 aromatic rings. The van der Waals surface area contributed by atoms with E-state index in [4.69, 9.17) is 0 Å². The summed E-state index contributed by atoms with van der Waals surface area (Å²) in [6, 6.07) is 0. The van der Waals surface area contributed by atoms with Crippen LogP contribution in [0.2, 0.25) is 39.3 Å². The lowest BCUT2D eigenvalue weighted by atomic mass is 9.89. The number of thioether (sulfide) groups is 1. The highest BCUT2D eigenvalue weighted by Crippen LogP contribution is 2.42. The summed E-state index contributed by atoms with van der Waals surface area (Å²) in [5.74, 6) is 7.56. The van der Waals surface area contributed by atoms with Crippen molar-refractivity contribution in [2.45, 2.75) is 63.8 Å². The number of hydrogen-bond acceptors (Lipinski definition) is 2. The van der Waals surface area contributed by atoms with Gasteiger partial charge in [0.1, 0.15) is 21.9 Å². The second-order valence-electron chi connectivity index (χ2n) is 9.05. The van der Waals surface area contributed by atoms with Gasteiger partial charge in [-0.2, -0.15) is 11.8 Å². The van der Waals surface area contributed by atoms with Gasteiger partial charge in [-0.05, 0) is 18.6 Å².